The molecular weight excluding hydrogens is 490 g/mol. The summed E-state index contributed by atoms with van der Waals surface area (Å²) in [4.78, 5) is 49.4. The van der Waals surface area contributed by atoms with Gasteiger partial charge in [0.25, 0.3) is 5.91 Å². The fourth-order valence-electron chi connectivity index (χ4n) is 5.15. The highest BCUT2D eigenvalue weighted by molar-refractivity contribution is 8.01. The highest BCUT2D eigenvalue weighted by Crippen LogP contribution is 2.50. The van der Waals surface area contributed by atoms with Gasteiger partial charge in [0.15, 0.2) is 10.8 Å². The predicted octanol–water partition coefficient (Wildman–Crippen LogP) is 2.68. The van der Waals surface area contributed by atoms with E-state index in [0.29, 0.717) is 11.8 Å². The fourth-order valence-corrected chi connectivity index (χ4v) is 7.32. The third-order valence-electron chi connectivity index (χ3n) is 7.31. The number of hydrogen-bond acceptors (Lipinski definition) is 9. The second-order valence-corrected chi connectivity index (χ2v) is 13.4. The van der Waals surface area contributed by atoms with Crippen molar-refractivity contribution < 1.29 is 24.3 Å². The number of amides is 2. The van der Waals surface area contributed by atoms with Crippen molar-refractivity contribution in [2.75, 3.05) is 5.73 Å². The number of rotatable bonds is 7. The number of carbonyl (C=O) groups is 3. The lowest BCUT2D eigenvalue weighted by atomic mass is 9.75. The van der Waals surface area contributed by atoms with Crippen LogP contribution in [0.3, 0.4) is 0 Å². The Hall–Kier alpha value is -2.34. The number of nitrogens with zero attached hydrogens (tertiary/aromatic N) is 3. The molecule has 192 valence electrons. The van der Waals surface area contributed by atoms with E-state index in [4.69, 9.17) is 10.6 Å². The number of nitrogen functional groups attached to an aromatic ring is 1. The molecule has 4 N–H and O–H groups in total. The Kier molecular flexibility index (Phi) is 6.82. The highest BCUT2D eigenvalue weighted by atomic mass is 32.2. The Bertz CT molecular complexity index is 1050. The topological polar surface area (TPSA) is 147 Å². The summed E-state index contributed by atoms with van der Waals surface area (Å²) in [6.07, 6.45) is 4.32. The molecule has 0 radical (unpaired) electrons. The zero-order chi connectivity index (χ0) is 25.7. The molecule has 0 aromatic carbocycles. The van der Waals surface area contributed by atoms with Gasteiger partial charge in [-0.15, -0.1) is 23.1 Å². The molecule has 3 aliphatic rings. The molecule has 2 aliphatic heterocycles. The van der Waals surface area contributed by atoms with Crippen molar-refractivity contribution >= 4 is 51.7 Å². The van der Waals surface area contributed by atoms with Crippen molar-refractivity contribution in [3.63, 3.8) is 0 Å². The summed E-state index contributed by atoms with van der Waals surface area (Å²) < 4.78 is -0.684. The lowest BCUT2D eigenvalue weighted by Crippen LogP contribution is -2.71. The molecule has 3 atom stereocenters. The molecule has 35 heavy (non-hydrogen) atoms. The van der Waals surface area contributed by atoms with Crippen LogP contribution in [0.15, 0.2) is 10.5 Å². The van der Waals surface area contributed by atoms with Gasteiger partial charge in [-0.25, -0.2) is 9.78 Å². The van der Waals surface area contributed by atoms with Gasteiger partial charge >= 0.3 is 5.97 Å². The molecule has 4 rings (SSSR count). The molecule has 10 nitrogen and oxygen atoms in total. The van der Waals surface area contributed by atoms with Crippen LogP contribution in [-0.4, -0.2) is 66.3 Å². The Morgan fingerprint density at radius 2 is 1.97 bits per heavy atom. The summed E-state index contributed by atoms with van der Waals surface area (Å²) in [6.45, 7) is 9.77. The number of thioether (sulfide) groups is 1. The summed E-state index contributed by atoms with van der Waals surface area (Å²) in [5.74, 6) is -1.10. The maximum atomic E-state index is 13.3. The van der Waals surface area contributed by atoms with Gasteiger partial charge in [-0.1, -0.05) is 24.9 Å². The normalized spacial score (nSPS) is 30.4. The molecule has 1 aliphatic carbocycles. The van der Waals surface area contributed by atoms with Crippen molar-refractivity contribution in [3.05, 3.63) is 11.1 Å². The number of β-lactam (4-membered cyclic amide) rings is 1. The maximum absolute atomic E-state index is 13.3. The standard InChI is InChI=1S/C23H33N5O5S2/c1-11-6-8-12(9-7-11)22(2,3)33-27-14(13-10-34-21(24)25-13)17(29)26-15-18(30)28-16(20(31)32)23(4,5)35-19(15)28/h10-12,15-16,19H,6-9H2,1-5H3,(H2,24,25)(H,26,29)(H,31,32)/b27-14-/t11-,12-,15-,16-,19+/m0/s1. The van der Waals surface area contributed by atoms with Crippen molar-refractivity contribution in [2.24, 2.45) is 17.0 Å². The number of carboxylic acids is 1. The smallest absolute Gasteiger partial charge is 0.327 e. The van der Waals surface area contributed by atoms with Gasteiger partial charge in [-0.05, 0) is 46.5 Å². The predicted molar refractivity (Wildman–Crippen MR) is 135 cm³/mol. The number of carboxylic acid groups (broad SMARTS) is 1. The molecular formula is C23H33N5O5S2. The van der Waals surface area contributed by atoms with Crippen molar-refractivity contribution in [1.29, 1.82) is 0 Å². The number of fused-ring (bicyclic) bond motifs is 1. The number of aromatic nitrogens is 1. The summed E-state index contributed by atoms with van der Waals surface area (Å²) >= 11 is 2.54. The molecule has 2 saturated heterocycles. The van der Waals surface area contributed by atoms with Crippen LogP contribution in [0.25, 0.3) is 0 Å². The van der Waals surface area contributed by atoms with E-state index in [1.807, 2.05) is 13.8 Å². The van der Waals surface area contributed by atoms with Gasteiger partial charge in [-0.2, -0.15) is 0 Å². The first-order valence-corrected chi connectivity index (χ1v) is 13.6. The van der Waals surface area contributed by atoms with Crippen LogP contribution in [0.2, 0.25) is 0 Å². The second-order valence-electron chi connectivity index (χ2n) is 10.7. The average molecular weight is 524 g/mol. The van der Waals surface area contributed by atoms with Gasteiger partial charge < -0.3 is 25.9 Å². The zero-order valence-electron chi connectivity index (χ0n) is 20.6. The molecule has 3 heterocycles. The van der Waals surface area contributed by atoms with Gasteiger partial charge in [0, 0.05) is 16.0 Å². The number of aliphatic carboxylic acids is 1. The maximum Gasteiger partial charge on any atom is 0.327 e. The van der Waals surface area contributed by atoms with E-state index >= 15 is 0 Å². The molecule has 3 fully saturated rings. The summed E-state index contributed by atoms with van der Waals surface area (Å²) in [6, 6.07) is -1.81. The van der Waals surface area contributed by atoms with Crippen LogP contribution in [0, 0.1) is 11.8 Å². The molecule has 12 heteroatoms. The van der Waals surface area contributed by atoms with Crippen LogP contribution >= 0.6 is 23.1 Å². The van der Waals surface area contributed by atoms with Gasteiger partial charge in [0.05, 0.1) is 0 Å². The number of hydrogen-bond donors (Lipinski definition) is 3. The van der Waals surface area contributed by atoms with Gasteiger partial charge in [-0.3, -0.25) is 9.59 Å². The Balaban J connectivity index is 1.52. The van der Waals surface area contributed by atoms with E-state index < -0.39 is 45.6 Å². The number of nitrogens with one attached hydrogen (secondary N) is 1. The third kappa shape index (κ3) is 4.87. The summed E-state index contributed by atoms with van der Waals surface area (Å²) in [7, 11) is 0. The van der Waals surface area contributed by atoms with E-state index in [2.05, 4.69) is 22.4 Å². The van der Waals surface area contributed by atoms with Crippen LogP contribution in [0.4, 0.5) is 5.13 Å². The van der Waals surface area contributed by atoms with Crippen molar-refractivity contribution in [3.8, 4) is 0 Å². The number of oxime groups is 1. The average Bonchev–Trinajstić information content (AvgIpc) is 3.30. The Morgan fingerprint density at radius 1 is 1.31 bits per heavy atom. The van der Waals surface area contributed by atoms with E-state index in [1.54, 1.807) is 19.2 Å². The number of nitrogens with two attached hydrogens (primary N) is 1. The van der Waals surface area contributed by atoms with Crippen LogP contribution in [0.5, 0.6) is 0 Å². The van der Waals surface area contributed by atoms with Crippen molar-refractivity contribution in [2.45, 2.75) is 88.1 Å². The number of anilines is 1. The van der Waals surface area contributed by atoms with Crippen LogP contribution < -0.4 is 11.1 Å². The van der Waals surface area contributed by atoms with Crippen LogP contribution in [0.1, 0.15) is 66.0 Å². The molecule has 0 unspecified atom stereocenters. The molecule has 2 amide bonds. The highest BCUT2D eigenvalue weighted by Gasteiger charge is 2.64. The number of thiazole rings is 1. The lowest BCUT2D eigenvalue weighted by Gasteiger charge is -2.43. The van der Waals surface area contributed by atoms with Gasteiger partial charge in [0.2, 0.25) is 5.91 Å². The fraction of sp³-hybridized carbons (Fsp3) is 0.696. The first kappa shape index (κ1) is 25.7. The lowest BCUT2D eigenvalue weighted by molar-refractivity contribution is -0.160. The number of carbonyl (C=O) groups excluding carboxylic acids is 2. The van der Waals surface area contributed by atoms with E-state index in [-0.39, 0.29) is 16.5 Å². The minimum atomic E-state index is -1.06. The summed E-state index contributed by atoms with van der Waals surface area (Å²) in [5.41, 5.74) is 5.42. The van der Waals surface area contributed by atoms with E-state index in [1.165, 1.54) is 28.0 Å². The third-order valence-corrected chi connectivity index (χ3v) is 9.56. The van der Waals surface area contributed by atoms with Crippen LogP contribution in [-0.2, 0) is 19.2 Å². The quantitative estimate of drug-likeness (QED) is 0.281. The second kappa shape index (κ2) is 9.27. The minimum absolute atomic E-state index is 0.0569. The Labute approximate surface area is 213 Å². The largest absolute Gasteiger partial charge is 0.480 e. The Morgan fingerprint density at radius 3 is 2.54 bits per heavy atom. The van der Waals surface area contributed by atoms with E-state index in [0.717, 1.165) is 25.7 Å². The zero-order valence-corrected chi connectivity index (χ0v) is 22.2. The molecule has 1 aromatic heterocycles. The SMILES string of the molecule is CC1(C)S[C@@H]2[C@@H](NC(=O)/C(=N\OC(C)(C)[C@H]3CC[C@H](C)CC3)c3csc(N)n3)C(=O)N2[C@H]1C(=O)O. The van der Waals surface area contributed by atoms with Gasteiger partial charge in [0.1, 0.15) is 28.8 Å². The summed E-state index contributed by atoms with van der Waals surface area (Å²) in [5, 5.41) is 18.0. The monoisotopic (exact) mass is 523 g/mol. The molecule has 0 spiro atoms. The van der Waals surface area contributed by atoms with E-state index in [9.17, 15) is 19.5 Å². The molecule has 1 saturated carbocycles. The van der Waals surface area contributed by atoms with Crippen molar-refractivity contribution in [1.82, 2.24) is 15.2 Å². The first-order chi connectivity index (χ1) is 16.3. The molecule has 1 aromatic rings. The first-order valence-electron chi connectivity index (χ1n) is 11.8. The molecule has 0 bridgehead atoms. The minimum Gasteiger partial charge on any atom is -0.480 e.